The molecule has 1 amide bonds. The van der Waals surface area contributed by atoms with Gasteiger partial charge in [-0.15, -0.1) is 22.7 Å². The van der Waals surface area contributed by atoms with E-state index < -0.39 is 0 Å². The minimum absolute atomic E-state index is 0.139. The number of thioether (sulfide) groups is 1. The summed E-state index contributed by atoms with van der Waals surface area (Å²) in [7, 11) is 1.94. The molecule has 1 aliphatic heterocycles. The molecule has 1 fully saturated rings. The predicted molar refractivity (Wildman–Crippen MR) is 147 cm³/mol. The summed E-state index contributed by atoms with van der Waals surface area (Å²) < 4.78 is 1.27. The fraction of sp³-hybridized carbons (Fsp3) is 0.370. The molecule has 35 heavy (non-hydrogen) atoms. The van der Waals surface area contributed by atoms with E-state index in [1.54, 1.807) is 23.1 Å². The van der Waals surface area contributed by atoms with Crippen LogP contribution < -0.4 is 0 Å². The van der Waals surface area contributed by atoms with Gasteiger partial charge in [-0.05, 0) is 62.9 Å². The highest BCUT2D eigenvalue weighted by molar-refractivity contribution is 7.99. The van der Waals surface area contributed by atoms with Crippen LogP contribution in [0, 0.1) is 20.8 Å². The molecule has 0 unspecified atom stereocenters. The number of hydrogen-bond donors (Lipinski definition) is 0. The second kappa shape index (κ2) is 10.4. The second-order valence-corrected chi connectivity index (χ2v) is 13.1. The molecule has 8 heteroatoms. The third-order valence-corrected chi connectivity index (χ3v) is 9.44. The molecular formula is C27H30N4OS3. The number of aromatic nitrogens is 2. The molecule has 5 rings (SSSR count). The summed E-state index contributed by atoms with van der Waals surface area (Å²) in [6.07, 6.45) is 0.807. The van der Waals surface area contributed by atoms with Crippen LogP contribution in [0.15, 0.2) is 53.7 Å². The van der Waals surface area contributed by atoms with Crippen LogP contribution >= 0.6 is 34.4 Å². The lowest BCUT2D eigenvalue weighted by Crippen LogP contribution is -2.43. The molecule has 1 saturated heterocycles. The van der Waals surface area contributed by atoms with Gasteiger partial charge in [-0.2, -0.15) is 0 Å². The van der Waals surface area contributed by atoms with Crippen LogP contribution in [0.4, 0.5) is 0 Å². The topological polar surface area (TPSA) is 49.3 Å². The predicted octanol–water partition coefficient (Wildman–Crippen LogP) is 6.07. The molecule has 3 aromatic heterocycles. The fourth-order valence-electron chi connectivity index (χ4n) is 4.73. The summed E-state index contributed by atoms with van der Waals surface area (Å²) in [5.74, 6) is 0.195. The smallest absolute Gasteiger partial charge is 0.240 e. The number of thiophene rings is 2. The number of nitrogens with zero attached hydrogens (tertiary/aromatic N) is 4. The number of carbonyl (C=O) groups is 1. The molecule has 4 aromatic rings. The van der Waals surface area contributed by atoms with Crippen molar-refractivity contribution in [1.29, 1.82) is 0 Å². The lowest BCUT2D eigenvalue weighted by atomic mass is 10.2. The van der Waals surface area contributed by atoms with Crippen molar-refractivity contribution in [2.45, 2.75) is 56.7 Å². The summed E-state index contributed by atoms with van der Waals surface area (Å²) in [5.41, 5.74) is 1.97. The van der Waals surface area contributed by atoms with Crippen molar-refractivity contribution in [2.24, 2.45) is 0 Å². The first-order valence-electron chi connectivity index (χ1n) is 11.8. The Labute approximate surface area is 219 Å². The first-order valence-corrected chi connectivity index (χ1v) is 14.4. The molecule has 0 radical (unpaired) electrons. The molecule has 1 aromatic carbocycles. The lowest BCUT2D eigenvalue weighted by molar-refractivity contribution is -0.135. The average molecular weight is 523 g/mol. The maximum absolute atomic E-state index is 13.7. The van der Waals surface area contributed by atoms with E-state index in [1.165, 1.54) is 24.7 Å². The zero-order valence-electron chi connectivity index (χ0n) is 20.5. The van der Waals surface area contributed by atoms with Gasteiger partial charge >= 0.3 is 0 Å². The van der Waals surface area contributed by atoms with Crippen molar-refractivity contribution in [3.8, 4) is 0 Å². The number of amides is 1. The Morgan fingerprint density at radius 3 is 2.54 bits per heavy atom. The van der Waals surface area contributed by atoms with Gasteiger partial charge in [-0.1, -0.05) is 30.0 Å². The van der Waals surface area contributed by atoms with E-state index in [4.69, 9.17) is 0 Å². The van der Waals surface area contributed by atoms with E-state index in [9.17, 15) is 4.79 Å². The lowest BCUT2D eigenvalue weighted by Gasteiger charge is -2.27. The number of likely N-dealkylation sites (tertiary alicyclic amines) is 1. The average Bonchev–Trinajstić information content (AvgIpc) is 3.50. The zero-order valence-corrected chi connectivity index (χ0v) is 23.0. The van der Waals surface area contributed by atoms with E-state index in [-0.39, 0.29) is 17.2 Å². The normalized spacial score (nSPS) is 18.4. The fourth-order valence-corrected chi connectivity index (χ4v) is 8.00. The van der Waals surface area contributed by atoms with Crippen molar-refractivity contribution in [3.05, 3.63) is 74.6 Å². The van der Waals surface area contributed by atoms with E-state index in [1.807, 2.05) is 43.2 Å². The van der Waals surface area contributed by atoms with E-state index in [2.05, 4.69) is 64.3 Å². The van der Waals surface area contributed by atoms with E-state index >= 15 is 0 Å². The number of carbonyl (C=O) groups excluding carboxylic acids is 1. The van der Waals surface area contributed by atoms with Crippen LogP contribution in [0.5, 0.6) is 0 Å². The molecule has 4 heterocycles. The van der Waals surface area contributed by atoms with Crippen molar-refractivity contribution in [2.75, 3.05) is 13.6 Å². The summed E-state index contributed by atoms with van der Waals surface area (Å²) >= 11 is 5.29. The molecule has 0 spiro atoms. The number of rotatable bonds is 7. The summed E-state index contributed by atoms with van der Waals surface area (Å²) in [6.45, 7) is 8.44. The number of aryl methyl sites for hydroxylation is 3. The molecule has 0 saturated carbocycles. The van der Waals surface area contributed by atoms with E-state index in [0.717, 1.165) is 36.1 Å². The standard InChI is InChI=1S/C27H30N4OS3/c1-17-11-18(2)29-27(28-17)35-23-13-24(31(16-23)15-21-10-9-19(3)33-21)26(32)30(4)14-22-12-20-7-5-6-8-25(20)34-22/h5-12,23-24H,13-16H2,1-4H3/t23-,24-/m0/s1. The minimum Gasteiger partial charge on any atom is -0.339 e. The van der Waals surface area contributed by atoms with Crippen molar-refractivity contribution < 1.29 is 4.79 Å². The number of fused-ring (bicyclic) bond motifs is 1. The van der Waals surface area contributed by atoms with Gasteiger partial charge in [-0.25, -0.2) is 9.97 Å². The largest absolute Gasteiger partial charge is 0.339 e. The van der Waals surface area contributed by atoms with Gasteiger partial charge in [-0.3, -0.25) is 9.69 Å². The van der Waals surface area contributed by atoms with Gasteiger partial charge in [0.15, 0.2) is 5.16 Å². The minimum atomic E-state index is -0.139. The molecule has 2 atom stereocenters. The number of hydrogen-bond acceptors (Lipinski definition) is 7. The Bertz CT molecular complexity index is 1290. The zero-order chi connectivity index (χ0) is 24.5. The Hall–Kier alpha value is -2.26. The maximum Gasteiger partial charge on any atom is 0.240 e. The van der Waals surface area contributed by atoms with Crippen molar-refractivity contribution >= 4 is 50.4 Å². The van der Waals surface area contributed by atoms with Crippen LogP contribution in [0.1, 0.15) is 32.4 Å². The van der Waals surface area contributed by atoms with E-state index in [0.29, 0.717) is 6.54 Å². The van der Waals surface area contributed by atoms with Gasteiger partial charge in [0.2, 0.25) is 5.91 Å². The monoisotopic (exact) mass is 522 g/mol. The molecule has 0 bridgehead atoms. The van der Waals surface area contributed by atoms with Gasteiger partial charge in [0, 0.05) is 56.1 Å². The third-order valence-electron chi connectivity index (χ3n) is 6.28. The highest BCUT2D eigenvalue weighted by Gasteiger charge is 2.39. The second-order valence-electron chi connectivity index (χ2n) is 9.31. The molecule has 0 aliphatic carbocycles. The van der Waals surface area contributed by atoms with Crippen LogP contribution in [0.3, 0.4) is 0 Å². The Balaban J connectivity index is 1.33. The van der Waals surface area contributed by atoms with Gasteiger partial charge in [0.25, 0.3) is 0 Å². The number of benzene rings is 1. The summed E-state index contributed by atoms with van der Waals surface area (Å²) in [5, 5.41) is 2.34. The van der Waals surface area contributed by atoms with Gasteiger partial charge in [0.05, 0.1) is 12.6 Å². The quantitative estimate of drug-likeness (QED) is 0.276. The Morgan fingerprint density at radius 1 is 1.06 bits per heavy atom. The first-order chi connectivity index (χ1) is 16.8. The molecule has 0 N–H and O–H groups in total. The Kier molecular flexibility index (Phi) is 7.25. The third kappa shape index (κ3) is 5.77. The SMILES string of the molecule is Cc1cc(C)nc(S[C@H]2C[C@@H](C(=O)N(C)Cc3cc4ccccc4s3)N(Cc3ccc(C)s3)C2)n1. The summed E-state index contributed by atoms with van der Waals surface area (Å²) in [6, 6.07) is 16.8. The van der Waals surface area contributed by atoms with Gasteiger partial charge < -0.3 is 4.90 Å². The molecule has 1 aliphatic rings. The van der Waals surface area contributed by atoms with Crippen LogP contribution in [0.2, 0.25) is 0 Å². The first kappa shape index (κ1) is 24.4. The Morgan fingerprint density at radius 2 is 1.83 bits per heavy atom. The highest BCUT2D eigenvalue weighted by Crippen LogP contribution is 2.34. The van der Waals surface area contributed by atoms with Crippen LogP contribution in [0.25, 0.3) is 10.1 Å². The van der Waals surface area contributed by atoms with Crippen molar-refractivity contribution in [1.82, 2.24) is 19.8 Å². The van der Waals surface area contributed by atoms with Crippen LogP contribution in [-0.4, -0.2) is 50.6 Å². The maximum atomic E-state index is 13.7. The molecule has 5 nitrogen and oxygen atoms in total. The van der Waals surface area contributed by atoms with Crippen molar-refractivity contribution in [3.63, 3.8) is 0 Å². The highest BCUT2D eigenvalue weighted by atomic mass is 32.2. The summed E-state index contributed by atoms with van der Waals surface area (Å²) in [4.78, 5) is 31.1. The number of likely N-dealkylation sites (N-methyl/N-ethyl adjacent to an activating group) is 1. The van der Waals surface area contributed by atoms with Crippen LogP contribution in [-0.2, 0) is 17.9 Å². The molecule has 182 valence electrons. The molecular weight excluding hydrogens is 493 g/mol. The van der Waals surface area contributed by atoms with Gasteiger partial charge in [0.1, 0.15) is 0 Å².